The van der Waals surface area contributed by atoms with E-state index in [2.05, 4.69) is 37.9 Å². The molecule has 2 atom stereocenters. The van der Waals surface area contributed by atoms with Crippen molar-refractivity contribution in [1.29, 1.82) is 0 Å². The molecule has 1 saturated heterocycles. The second-order valence-corrected chi connectivity index (χ2v) is 5.96. The van der Waals surface area contributed by atoms with Crippen molar-refractivity contribution in [2.24, 2.45) is 5.92 Å². The number of nitrogens with zero attached hydrogens (tertiary/aromatic N) is 1. The van der Waals surface area contributed by atoms with Gasteiger partial charge in [0.2, 0.25) is 0 Å². The first-order chi connectivity index (χ1) is 8.15. The Labute approximate surface area is 108 Å². The van der Waals surface area contributed by atoms with Crippen LogP contribution in [0.3, 0.4) is 0 Å². The summed E-state index contributed by atoms with van der Waals surface area (Å²) in [7, 11) is 0. The molecule has 0 saturated carbocycles. The highest BCUT2D eigenvalue weighted by molar-refractivity contribution is 4.77. The number of rotatable bonds is 7. The topological polar surface area (TPSA) is 15.3 Å². The fourth-order valence-corrected chi connectivity index (χ4v) is 2.69. The van der Waals surface area contributed by atoms with E-state index in [0.717, 1.165) is 18.5 Å². The van der Waals surface area contributed by atoms with Gasteiger partial charge in [-0.3, -0.25) is 4.90 Å². The molecule has 0 aromatic rings. The molecular weight excluding hydrogens is 208 g/mol. The molecule has 1 aliphatic rings. The first-order valence-corrected chi connectivity index (χ1v) is 7.62. The number of nitrogens with one attached hydrogen (secondary N) is 1. The molecule has 2 heteroatoms. The van der Waals surface area contributed by atoms with Crippen molar-refractivity contribution in [2.75, 3.05) is 19.6 Å². The van der Waals surface area contributed by atoms with E-state index in [-0.39, 0.29) is 0 Å². The van der Waals surface area contributed by atoms with E-state index in [4.69, 9.17) is 0 Å². The van der Waals surface area contributed by atoms with Gasteiger partial charge in [0, 0.05) is 25.2 Å². The Hall–Kier alpha value is -0.0800. The van der Waals surface area contributed by atoms with Crippen LogP contribution in [0.25, 0.3) is 0 Å². The Morgan fingerprint density at radius 2 is 2.00 bits per heavy atom. The molecular formula is C15H32N2. The van der Waals surface area contributed by atoms with Crippen molar-refractivity contribution in [3.63, 3.8) is 0 Å². The molecule has 0 radical (unpaired) electrons. The number of hydrogen-bond acceptors (Lipinski definition) is 2. The van der Waals surface area contributed by atoms with E-state index in [1.807, 2.05) is 0 Å². The minimum Gasteiger partial charge on any atom is -0.313 e. The van der Waals surface area contributed by atoms with Crippen molar-refractivity contribution in [3.05, 3.63) is 0 Å². The third-order valence-corrected chi connectivity index (χ3v) is 4.24. The van der Waals surface area contributed by atoms with Crippen LogP contribution < -0.4 is 5.32 Å². The standard InChI is InChI=1S/C15H32N2/c1-5-8-15-9-6-7-11-17(15)12-10-16-14(4)13(2)3/h13-16H,5-12H2,1-4H3. The highest BCUT2D eigenvalue weighted by Crippen LogP contribution is 2.20. The van der Waals surface area contributed by atoms with Crippen LogP contribution in [-0.4, -0.2) is 36.6 Å². The maximum atomic E-state index is 3.65. The van der Waals surface area contributed by atoms with Gasteiger partial charge in [-0.05, 0) is 38.6 Å². The largest absolute Gasteiger partial charge is 0.313 e. The lowest BCUT2D eigenvalue weighted by Gasteiger charge is -2.36. The molecule has 2 unspecified atom stereocenters. The molecule has 1 rings (SSSR count). The third-order valence-electron chi connectivity index (χ3n) is 4.24. The zero-order valence-electron chi connectivity index (χ0n) is 12.3. The molecule has 1 heterocycles. The van der Waals surface area contributed by atoms with E-state index in [1.54, 1.807) is 0 Å². The lowest BCUT2D eigenvalue weighted by Crippen LogP contribution is -2.44. The fraction of sp³-hybridized carbons (Fsp3) is 1.00. The minimum absolute atomic E-state index is 0.643. The average molecular weight is 240 g/mol. The molecule has 1 fully saturated rings. The van der Waals surface area contributed by atoms with Gasteiger partial charge in [0.25, 0.3) is 0 Å². The Balaban J connectivity index is 2.23. The molecule has 0 aromatic carbocycles. The number of likely N-dealkylation sites (tertiary alicyclic amines) is 1. The lowest BCUT2D eigenvalue weighted by molar-refractivity contribution is 0.138. The van der Waals surface area contributed by atoms with Gasteiger partial charge in [0.15, 0.2) is 0 Å². The van der Waals surface area contributed by atoms with Gasteiger partial charge in [-0.25, -0.2) is 0 Å². The Bertz CT molecular complexity index is 189. The van der Waals surface area contributed by atoms with E-state index >= 15 is 0 Å². The summed E-state index contributed by atoms with van der Waals surface area (Å²) in [5, 5.41) is 3.65. The zero-order valence-corrected chi connectivity index (χ0v) is 12.3. The van der Waals surface area contributed by atoms with Crippen molar-refractivity contribution < 1.29 is 0 Å². The monoisotopic (exact) mass is 240 g/mol. The number of hydrogen-bond donors (Lipinski definition) is 1. The van der Waals surface area contributed by atoms with E-state index in [0.29, 0.717) is 6.04 Å². The summed E-state index contributed by atoms with van der Waals surface area (Å²) in [6.45, 7) is 12.9. The highest BCUT2D eigenvalue weighted by Gasteiger charge is 2.20. The Morgan fingerprint density at radius 1 is 1.24 bits per heavy atom. The second-order valence-electron chi connectivity index (χ2n) is 5.96. The van der Waals surface area contributed by atoms with Gasteiger partial charge in [-0.2, -0.15) is 0 Å². The molecule has 1 aliphatic heterocycles. The van der Waals surface area contributed by atoms with Crippen LogP contribution in [0.1, 0.15) is 59.8 Å². The zero-order chi connectivity index (χ0) is 12.7. The number of piperidine rings is 1. The Kier molecular flexibility index (Phi) is 7.14. The summed E-state index contributed by atoms with van der Waals surface area (Å²) in [6, 6.07) is 1.51. The fourth-order valence-electron chi connectivity index (χ4n) is 2.69. The molecule has 0 aliphatic carbocycles. The van der Waals surface area contributed by atoms with Crippen molar-refractivity contribution in [2.45, 2.75) is 71.9 Å². The van der Waals surface area contributed by atoms with Gasteiger partial charge in [0.05, 0.1) is 0 Å². The molecule has 102 valence electrons. The smallest absolute Gasteiger partial charge is 0.0110 e. The summed E-state index contributed by atoms with van der Waals surface area (Å²) >= 11 is 0. The van der Waals surface area contributed by atoms with Gasteiger partial charge < -0.3 is 5.32 Å². The van der Waals surface area contributed by atoms with Crippen molar-refractivity contribution in [3.8, 4) is 0 Å². The van der Waals surface area contributed by atoms with Gasteiger partial charge >= 0.3 is 0 Å². The van der Waals surface area contributed by atoms with Gasteiger partial charge in [0.1, 0.15) is 0 Å². The van der Waals surface area contributed by atoms with Crippen LogP contribution in [0, 0.1) is 5.92 Å². The van der Waals surface area contributed by atoms with Crippen LogP contribution in [0.5, 0.6) is 0 Å². The normalized spacial score (nSPS) is 24.2. The molecule has 0 amide bonds. The molecule has 2 nitrogen and oxygen atoms in total. The summed E-state index contributed by atoms with van der Waals surface area (Å²) in [5.74, 6) is 0.739. The first kappa shape index (κ1) is 15.0. The highest BCUT2D eigenvalue weighted by atomic mass is 15.2. The van der Waals surface area contributed by atoms with Gasteiger partial charge in [-0.1, -0.05) is 33.6 Å². The molecule has 0 aromatic heterocycles. The summed E-state index contributed by atoms with van der Waals surface area (Å²) in [5.41, 5.74) is 0. The maximum absolute atomic E-state index is 3.65. The average Bonchev–Trinajstić information content (AvgIpc) is 2.31. The van der Waals surface area contributed by atoms with Crippen molar-refractivity contribution >= 4 is 0 Å². The van der Waals surface area contributed by atoms with Crippen LogP contribution >= 0.6 is 0 Å². The minimum atomic E-state index is 0.643. The van der Waals surface area contributed by atoms with Crippen LogP contribution in [0.15, 0.2) is 0 Å². The molecule has 0 spiro atoms. The maximum Gasteiger partial charge on any atom is 0.0110 e. The van der Waals surface area contributed by atoms with E-state index < -0.39 is 0 Å². The van der Waals surface area contributed by atoms with Crippen LogP contribution in [0.2, 0.25) is 0 Å². The predicted octanol–water partition coefficient (Wildman–Crippen LogP) is 3.28. The Morgan fingerprint density at radius 3 is 2.65 bits per heavy atom. The first-order valence-electron chi connectivity index (χ1n) is 7.62. The summed E-state index contributed by atoms with van der Waals surface area (Å²) in [4.78, 5) is 2.72. The van der Waals surface area contributed by atoms with Gasteiger partial charge in [-0.15, -0.1) is 0 Å². The third kappa shape index (κ3) is 5.39. The second kappa shape index (κ2) is 8.10. The molecule has 17 heavy (non-hydrogen) atoms. The SMILES string of the molecule is CCCC1CCCCN1CCNC(C)C(C)C. The predicted molar refractivity (Wildman–Crippen MR) is 76.4 cm³/mol. The molecule has 0 bridgehead atoms. The molecule has 1 N–H and O–H groups in total. The van der Waals surface area contributed by atoms with E-state index in [1.165, 1.54) is 45.2 Å². The van der Waals surface area contributed by atoms with E-state index in [9.17, 15) is 0 Å². The summed E-state index contributed by atoms with van der Waals surface area (Å²) < 4.78 is 0. The summed E-state index contributed by atoms with van der Waals surface area (Å²) in [6.07, 6.45) is 6.99. The lowest BCUT2D eigenvalue weighted by atomic mass is 9.98. The van der Waals surface area contributed by atoms with Crippen molar-refractivity contribution in [1.82, 2.24) is 10.2 Å². The van der Waals surface area contributed by atoms with Crippen LogP contribution in [-0.2, 0) is 0 Å². The quantitative estimate of drug-likeness (QED) is 0.735. The van der Waals surface area contributed by atoms with Crippen LogP contribution in [0.4, 0.5) is 0 Å².